The summed E-state index contributed by atoms with van der Waals surface area (Å²) in [6, 6.07) is 5.37. The fourth-order valence-corrected chi connectivity index (χ4v) is 2.95. The van der Waals surface area contributed by atoms with Crippen LogP contribution in [0.2, 0.25) is 0 Å². The molecule has 0 aliphatic carbocycles. The van der Waals surface area contributed by atoms with Crippen molar-refractivity contribution in [1.82, 2.24) is 10.6 Å². The molecule has 3 N–H and O–H groups in total. The molecule has 3 heterocycles. The number of aromatic hydroxyl groups is 1. The van der Waals surface area contributed by atoms with Crippen LogP contribution in [0.15, 0.2) is 37.9 Å². The van der Waals surface area contributed by atoms with E-state index < -0.39 is 23.6 Å². The molecule has 0 spiro atoms. The van der Waals surface area contributed by atoms with E-state index in [9.17, 15) is 19.5 Å². The summed E-state index contributed by atoms with van der Waals surface area (Å²) in [4.78, 5) is 34.5. The van der Waals surface area contributed by atoms with E-state index in [0.29, 0.717) is 28.0 Å². The summed E-state index contributed by atoms with van der Waals surface area (Å²) in [5.74, 6) is 0.337. The number of nitrogens with one attached hydrogen (secondary N) is 2. The number of hydrogen-bond acceptors (Lipinski definition) is 7. The number of benzene rings is 1. The minimum Gasteiger partial charge on any atom is -0.507 e. The molecule has 0 bridgehead atoms. The highest BCUT2D eigenvalue weighted by Gasteiger charge is 2.30. The van der Waals surface area contributed by atoms with Crippen LogP contribution in [-0.2, 0) is 4.79 Å². The molecule has 9 nitrogen and oxygen atoms in total. The molecule has 1 fully saturated rings. The Morgan fingerprint density at radius 3 is 2.61 bits per heavy atom. The second kappa shape index (κ2) is 6.45. The monoisotopic (exact) mass is 384 g/mol. The van der Waals surface area contributed by atoms with Crippen LogP contribution < -0.4 is 21.0 Å². The summed E-state index contributed by atoms with van der Waals surface area (Å²) in [6.07, 6.45) is 0. The predicted molar refractivity (Wildman–Crippen MR) is 97.3 cm³/mol. The van der Waals surface area contributed by atoms with Crippen molar-refractivity contribution in [3.05, 3.63) is 45.8 Å². The molecule has 28 heavy (non-hydrogen) atoms. The van der Waals surface area contributed by atoms with Gasteiger partial charge in [0.05, 0.1) is 5.56 Å². The molecule has 2 aromatic heterocycles. The first kappa shape index (κ1) is 17.7. The van der Waals surface area contributed by atoms with Crippen molar-refractivity contribution in [2.45, 2.75) is 19.9 Å². The van der Waals surface area contributed by atoms with E-state index in [1.54, 1.807) is 31.2 Å². The molecule has 144 valence electrons. The van der Waals surface area contributed by atoms with Crippen molar-refractivity contribution >= 4 is 22.9 Å². The Morgan fingerprint density at radius 1 is 1.11 bits per heavy atom. The van der Waals surface area contributed by atoms with Crippen LogP contribution in [0.1, 0.15) is 11.1 Å². The van der Waals surface area contributed by atoms with Gasteiger partial charge in [-0.15, -0.1) is 0 Å². The van der Waals surface area contributed by atoms with Gasteiger partial charge in [-0.3, -0.25) is 10.1 Å². The van der Waals surface area contributed by atoms with Gasteiger partial charge in [-0.1, -0.05) is 0 Å². The van der Waals surface area contributed by atoms with Gasteiger partial charge in [0.25, 0.3) is 5.91 Å². The number of fused-ring (bicyclic) bond motifs is 1. The zero-order chi connectivity index (χ0) is 20.0. The van der Waals surface area contributed by atoms with Crippen LogP contribution in [0.25, 0.3) is 22.5 Å². The lowest BCUT2D eigenvalue weighted by Gasteiger charge is -2.09. The zero-order valence-electron chi connectivity index (χ0n) is 15.0. The number of ether oxygens (including phenoxy) is 1. The van der Waals surface area contributed by atoms with Crippen LogP contribution in [0, 0.1) is 13.8 Å². The standard InChI is InChI=1S/C19H16N2O7/c1-8-15(22)9(2)18(24)28-16(8)14-6-10-5-11(3-4-13(10)27-14)26-7-12-17(23)21-19(25)20-12/h3-6,12,22H,7H2,1-2H3,(H2,20,21,23,25). The topological polar surface area (TPSA) is 131 Å². The minimum atomic E-state index is -0.754. The molecule has 0 saturated carbocycles. The average Bonchev–Trinajstić information content (AvgIpc) is 3.22. The third-order valence-corrected chi connectivity index (χ3v) is 4.54. The van der Waals surface area contributed by atoms with Crippen molar-refractivity contribution in [3.8, 4) is 23.0 Å². The van der Waals surface area contributed by atoms with E-state index >= 15 is 0 Å². The van der Waals surface area contributed by atoms with Gasteiger partial charge >= 0.3 is 11.7 Å². The molecular weight excluding hydrogens is 368 g/mol. The fourth-order valence-electron chi connectivity index (χ4n) is 2.95. The number of carbonyl (C=O) groups is 2. The van der Waals surface area contributed by atoms with E-state index in [0.717, 1.165) is 0 Å². The number of amides is 3. The molecule has 1 atom stereocenters. The van der Waals surface area contributed by atoms with Crippen molar-refractivity contribution in [2.75, 3.05) is 6.61 Å². The first-order valence-electron chi connectivity index (χ1n) is 8.45. The lowest BCUT2D eigenvalue weighted by molar-refractivity contribution is -0.120. The zero-order valence-corrected chi connectivity index (χ0v) is 15.0. The van der Waals surface area contributed by atoms with Crippen molar-refractivity contribution < 1.29 is 28.3 Å². The Hall–Kier alpha value is -3.75. The molecule has 0 radical (unpaired) electrons. The van der Waals surface area contributed by atoms with Gasteiger partial charge in [0, 0.05) is 10.9 Å². The Bertz CT molecular complexity index is 1170. The van der Waals surface area contributed by atoms with Gasteiger partial charge in [-0.2, -0.15) is 0 Å². The van der Waals surface area contributed by atoms with Crippen LogP contribution in [0.4, 0.5) is 4.79 Å². The maximum absolute atomic E-state index is 11.9. The van der Waals surface area contributed by atoms with Gasteiger partial charge in [0.1, 0.15) is 29.7 Å². The molecule has 1 unspecified atom stereocenters. The minimum absolute atomic E-state index is 0.0202. The van der Waals surface area contributed by atoms with Gasteiger partial charge in [0.2, 0.25) is 0 Å². The second-order valence-electron chi connectivity index (χ2n) is 6.45. The highest BCUT2D eigenvalue weighted by Crippen LogP contribution is 2.34. The molecule has 1 aliphatic heterocycles. The summed E-state index contributed by atoms with van der Waals surface area (Å²) in [6.45, 7) is 3.09. The third-order valence-electron chi connectivity index (χ3n) is 4.54. The van der Waals surface area contributed by atoms with Gasteiger partial charge in [0.15, 0.2) is 11.5 Å². The van der Waals surface area contributed by atoms with Crippen LogP contribution in [0.5, 0.6) is 11.5 Å². The fraction of sp³-hybridized carbons (Fsp3) is 0.211. The van der Waals surface area contributed by atoms with E-state index in [1.807, 2.05) is 0 Å². The number of hydrogen-bond donors (Lipinski definition) is 3. The lowest BCUT2D eigenvalue weighted by atomic mass is 10.1. The predicted octanol–water partition coefficient (Wildman–Crippen LogP) is 1.96. The number of furan rings is 1. The summed E-state index contributed by atoms with van der Waals surface area (Å²) in [5, 5.41) is 15.3. The highest BCUT2D eigenvalue weighted by molar-refractivity contribution is 6.04. The molecule has 9 heteroatoms. The highest BCUT2D eigenvalue weighted by atomic mass is 16.5. The molecule has 4 rings (SSSR count). The number of rotatable bonds is 4. The largest absolute Gasteiger partial charge is 0.507 e. The average molecular weight is 384 g/mol. The number of imide groups is 1. The SMILES string of the molecule is Cc1c(-c2cc3cc(OCC4NC(=O)NC4=O)ccc3o2)oc(=O)c(C)c1O. The molecule has 1 aliphatic rings. The van der Waals surface area contributed by atoms with Crippen molar-refractivity contribution in [2.24, 2.45) is 0 Å². The molecule has 3 amide bonds. The smallest absolute Gasteiger partial charge is 0.343 e. The number of urea groups is 1. The van der Waals surface area contributed by atoms with Crippen LogP contribution >= 0.6 is 0 Å². The van der Waals surface area contributed by atoms with E-state index in [4.69, 9.17) is 13.6 Å². The van der Waals surface area contributed by atoms with Gasteiger partial charge < -0.3 is 24.0 Å². The van der Waals surface area contributed by atoms with Gasteiger partial charge in [-0.05, 0) is 38.1 Å². The maximum Gasteiger partial charge on any atom is 0.343 e. The second-order valence-corrected chi connectivity index (χ2v) is 6.45. The first-order chi connectivity index (χ1) is 13.3. The maximum atomic E-state index is 11.9. The van der Waals surface area contributed by atoms with Crippen molar-refractivity contribution in [1.29, 1.82) is 0 Å². The quantitative estimate of drug-likeness (QED) is 0.586. The van der Waals surface area contributed by atoms with E-state index in [2.05, 4.69) is 10.6 Å². The summed E-state index contributed by atoms with van der Waals surface area (Å²) in [7, 11) is 0. The third kappa shape index (κ3) is 2.96. The Balaban J connectivity index is 1.61. The lowest BCUT2D eigenvalue weighted by Crippen LogP contribution is -2.34. The Labute approximate surface area is 157 Å². The molecule has 1 aromatic carbocycles. The van der Waals surface area contributed by atoms with Crippen LogP contribution in [-0.4, -0.2) is 29.7 Å². The van der Waals surface area contributed by atoms with Gasteiger partial charge in [-0.25, -0.2) is 9.59 Å². The summed E-state index contributed by atoms with van der Waals surface area (Å²) in [5.41, 5.74) is 0.419. The normalized spacial score (nSPS) is 16.3. The number of carbonyl (C=O) groups excluding carboxylic acids is 2. The van der Waals surface area contributed by atoms with E-state index in [1.165, 1.54) is 6.92 Å². The molecule has 1 saturated heterocycles. The van der Waals surface area contributed by atoms with Crippen molar-refractivity contribution in [3.63, 3.8) is 0 Å². The van der Waals surface area contributed by atoms with Crippen LogP contribution in [0.3, 0.4) is 0 Å². The van der Waals surface area contributed by atoms with E-state index in [-0.39, 0.29) is 23.7 Å². The Kier molecular flexibility index (Phi) is 4.07. The first-order valence-corrected chi connectivity index (χ1v) is 8.45. The molecule has 3 aromatic rings. The summed E-state index contributed by atoms with van der Waals surface area (Å²) < 4.78 is 16.6. The Morgan fingerprint density at radius 2 is 1.89 bits per heavy atom. The summed E-state index contributed by atoms with van der Waals surface area (Å²) >= 11 is 0. The molecular formula is C19H16N2O7.